The van der Waals surface area contributed by atoms with E-state index in [-0.39, 0.29) is 0 Å². The monoisotopic (exact) mass is 208 g/mol. The van der Waals surface area contributed by atoms with Gasteiger partial charge in [-0.15, -0.1) is 0 Å². The minimum atomic E-state index is -0.840. The van der Waals surface area contributed by atoms with Gasteiger partial charge in [-0.25, -0.2) is 0 Å². The Kier molecular flexibility index (Phi) is 3.86. The number of hydrogen-bond acceptors (Lipinski definition) is 2. The van der Waals surface area contributed by atoms with Crippen LogP contribution in [0.1, 0.15) is 30.9 Å². The minimum Gasteiger partial charge on any atom is -0.481 e. The lowest BCUT2D eigenvalue weighted by molar-refractivity contribution is -0.138. The van der Waals surface area contributed by atoms with Crippen LogP contribution in [0.25, 0.3) is 0 Å². The molecule has 0 spiro atoms. The number of aliphatic carboxylic acids is 1. The maximum absolute atomic E-state index is 10.9. The highest BCUT2D eigenvalue weighted by molar-refractivity contribution is 5.76. The van der Waals surface area contributed by atoms with E-state index in [1.54, 1.807) is 19.9 Å². The van der Waals surface area contributed by atoms with E-state index in [1.165, 1.54) is 0 Å². The molecule has 1 aromatic rings. The van der Waals surface area contributed by atoms with E-state index in [0.29, 0.717) is 6.42 Å². The van der Waals surface area contributed by atoms with Crippen molar-refractivity contribution in [2.24, 2.45) is 0 Å². The zero-order valence-corrected chi connectivity index (χ0v) is 8.97. The lowest BCUT2D eigenvalue weighted by Crippen LogP contribution is -2.13. The first-order chi connectivity index (χ1) is 7.02. The van der Waals surface area contributed by atoms with Crippen LogP contribution in [0.5, 0.6) is 0 Å². The van der Waals surface area contributed by atoms with Crippen LogP contribution < -0.4 is 0 Å². The molecule has 0 aromatic heterocycles. The van der Waals surface area contributed by atoms with Crippen molar-refractivity contribution in [1.29, 1.82) is 0 Å². The normalized spacial score (nSPS) is 14.6. The number of carboxylic acids is 1. The first-order valence-electron chi connectivity index (χ1n) is 5.01. The fourth-order valence-corrected chi connectivity index (χ4v) is 1.59. The van der Waals surface area contributed by atoms with Crippen molar-refractivity contribution in [1.82, 2.24) is 0 Å². The van der Waals surface area contributed by atoms with E-state index in [4.69, 9.17) is 5.11 Å². The Labute approximate surface area is 89.4 Å². The molecule has 0 amide bonds. The Balaban J connectivity index is 3.00. The molecule has 82 valence electrons. The molecule has 0 aliphatic rings. The lowest BCUT2D eigenvalue weighted by Gasteiger charge is -2.13. The summed E-state index contributed by atoms with van der Waals surface area (Å²) >= 11 is 0. The topological polar surface area (TPSA) is 57.5 Å². The molecular weight excluding hydrogens is 192 g/mol. The van der Waals surface area contributed by atoms with Gasteiger partial charge in [-0.2, -0.15) is 0 Å². The summed E-state index contributed by atoms with van der Waals surface area (Å²) in [5, 5.41) is 18.2. The van der Waals surface area contributed by atoms with E-state index >= 15 is 0 Å². The Bertz CT molecular complexity index is 344. The zero-order chi connectivity index (χ0) is 11.4. The standard InChI is InChI=1S/C12H16O3/c1-8(13)7-10-5-3-4-6-11(10)9(2)12(14)15/h3-6,8-9,13H,7H2,1-2H3,(H,14,15). The van der Waals surface area contributed by atoms with Gasteiger partial charge < -0.3 is 10.2 Å². The highest BCUT2D eigenvalue weighted by atomic mass is 16.4. The van der Waals surface area contributed by atoms with Gasteiger partial charge in [0.25, 0.3) is 0 Å². The summed E-state index contributed by atoms with van der Waals surface area (Å²) in [6, 6.07) is 7.34. The maximum Gasteiger partial charge on any atom is 0.310 e. The van der Waals surface area contributed by atoms with Gasteiger partial charge in [-0.1, -0.05) is 24.3 Å². The molecule has 2 unspecified atom stereocenters. The molecule has 0 saturated carbocycles. The van der Waals surface area contributed by atoms with Gasteiger partial charge in [0.05, 0.1) is 12.0 Å². The Morgan fingerprint density at radius 2 is 1.93 bits per heavy atom. The Hall–Kier alpha value is -1.35. The smallest absolute Gasteiger partial charge is 0.310 e. The number of carbonyl (C=O) groups is 1. The van der Waals surface area contributed by atoms with Gasteiger partial charge in [0.1, 0.15) is 0 Å². The molecule has 0 fully saturated rings. The highest BCUT2D eigenvalue weighted by Gasteiger charge is 2.17. The van der Waals surface area contributed by atoms with Crippen LogP contribution in [0.4, 0.5) is 0 Å². The van der Waals surface area contributed by atoms with Crippen LogP contribution in [0, 0.1) is 0 Å². The van der Waals surface area contributed by atoms with E-state index in [1.807, 2.05) is 18.2 Å². The number of aliphatic hydroxyl groups excluding tert-OH is 1. The largest absolute Gasteiger partial charge is 0.481 e. The van der Waals surface area contributed by atoms with E-state index in [0.717, 1.165) is 11.1 Å². The van der Waals surface area contributed by atoms with E-state index in [9.17, 15) is 9.90 Å². The molecule has 0 aliphatic heterocycles. The van der Waals surface area contributed by atoms with Gasteiger partial charge >= 0.3 is 5.97 Å². The van der Waals surface area contributed by atoms with Crippen LogP contribution in [0.2, 0.25) is 0 Å². The molecular formula is C12H16O3. The first-order valence-corrected chi connectivity index (χ1v) is 5.01. The fraction of sp³-hybridized carbons (Fsp3) is 0.417. The summed E-state index contributed by atoms with van der Waals surface area (Å²) in [7, 11) is 0. The third-order valence-electron chi connectivity index (χ3n) is 2.41. The molecule has 0 saturated heterocycles. The number of rotatable bonds is 4. The molecule has 0 bridgehead atoms. The molecule has 3 heteroatoms. The van der Waals surface area contributed by atoms with Crippen LogP contribution >= 0.6 is 0 Å². The van der Waals surface area contributed by atoms with Crippen LogP contribution in [0.3, 0.4) is 0 Å². The van der Waals surface area contributed by atoms with Crippen molar-refractivity contribution in [3.8, 4) is 0 Å². The van der Waals surface area contributed by atoms with Crippen molar-refractivity contribution in [3.63, 3.8) is 0 Å². The predicted molar refractivity (Wildman–Crippen MR) is 57.9 cm³/mol. The van der Waals surface area contributed by atoms with E-state index < -0.39 is 18.0 Å². The summed E-state index contributed by atoms with van der Waals surface area (Å²) in [4.78, 5) is 10.9. The van der Waals surface area contributed by atoms with Crippen molar-refractivity contribution >= 4 is 5.97 Å². The predicted octanol–water partition coefficient (Wildman–Crippen LogP) is 1.80. The lowest BCUT2D eigenvalue weighted by atomic mass is 9.93. The second-order valence-corrected chi connectivity index (χ2v) is 3.81. The average Bonchev–Trinajstić information content (AvgIpc) is 2.16. The molecule has 1 aromatic carbocycles. The molecule has 15 heavy (non-hydrogen) atoms. The summed E-state index contributed by atoms with van der Waals surface area (Å²) in [5.74, 6) is -1.37. The molecule has 3 nitrogen and oxygen atoms in total. The van der Waals surface area contributed by atoms with E-state index in [2.05, 4.69) is 0 Å². The first kappa shape index (κ1) is 11.7. The third kappa shape index (κ3) is 3.06. The van der Waals surface area contributed by atoms with Crippen LogP contribution in [-0.2, 0) is 11.2 Å². The molecule has 0 radical (unpaired) electrons. The molecule has 0 heterocycles. The number of benzene rings is 1. The number of hydrogen-bond donors (Lipinski definition) is 2. The van der Waals surface area contributed by atoms with Gasteiger partial charge in [0.2, 0.25) is 0 Å². The number of aliphatic hydroxyl groups is 1. The summed E-state index contributed by atoms with van der Waals surface area (Å²) in [5.41, 5.74) is 1.69. The van der Waals surface area contributed by atoms with Crippen LogP contribution in [-0.4, -0.2) is 22.3 Å². The van der Waals surface area contributed by atoms with Gasteiger partial charge in [0.15, 0.2) is 0 Å². The minimum absolute atomic E-state index is 0.452. The quantitative estimate of drug-likeness (QED) is 0.793. The number of carboxylic acid groups (broad SMARTS) is 1. The van der Waals surface area contributed by atoms with Crippen molar-refractivity contribution in [3.05, 3.63) is 35.4 Å². The zero-order valence-electron chi connectivity index (χ0n) is 8.97. The molecule has 0 aliphatic carbocycles. The van der Waals surface area contributed by atoms with Gasteiger partial charge in [-0.05, 0) is 31.4 Å². The average molecular weight is 208 g/mol. The van der Waals surface area contributed by atoms with Crippen molar-refractivity contribution in [2.75, 3.05) is 0 Å². The van der Waals surface area contributed by atoms with Gasteiger partial charge in [0, 0.05) is 0 Å². The Morgan fingerprint density at radius 1 is 1.33 bits per heavy atom. The third-order valence-corrected chi connectivity index (χ3v) is 2.41. The summed E-state index contributed by atoms with van der Waals surface area (Å²) < 4.78 is 0. The van der Waals surface area contributed by atoms with Crippen molar-refractivity contribution in [2.45, 2.75) is 32.3 Å². The molecule has 2 atom stereocenters. The SMILES string of the molecule is CC(O)Cc1ccccc1C(C)C(=O)O. The fourth-order valence-electron chi connectivity index (χ4n) is 1.59. The maximum atomic E-state index is 10.9. The second kappa shape index (κ2) is 4.94. The van der Waals surface area contributed by atoms with Gasteiger partial charge in [-0.3, -0.25) is 4.79 Å². The van der Waals surface area contributed by atoms with Crippen LogP contribution in [0.15, 0.2) is 24.3 Å². The molecule has 2 N–H and O–H groups in total. The van der Waals surface area contributed by atoms with Crippen molar-refractivity contribution < 1.29 is 15.0 Å². The second-order valence-electron chi connectivity index (χ2n) is 3.81. The Morgan fingerprint density at radius 3 is 2.47 bits per heavy atom. The molecule has 1 rings (SSSR count). The summed E-state index contributed by atoms with van der Waals surface area (Å²) in [6.07, 6.45) is 0.0421. The summed E-state index contributed by atoms with van der Waals surface area (Å²) in [6.45, 7) is 3.35. The highest BCUT2D eigenvalue weighted by Crippen LogP contribution is 2.21.